The molecule has 0 saturated heterocycles. The molecule has 0 atom stereocenters. The summed E-state index contributed by atoms with van der Waals surface area (Å²) in [4.78, 5) is 27.5. The third-order valence-corrected chi connectivity index (χ3v) is 3.58. The van der Waals surface area contributed by atoms with Gasteiger partial charge in [-0.3, -0.25) is 4.79 Å². The number of amides is 1. The molecule has 2 aromatic rings. The number of hydrogen-bond acceptors (Lipinski definition) is 3. The van der Waals surface area contributed by atoms with Crippen LogP contribution in [-0.4, -0.2) is 23.0 Å². The molecule has 0 aliphatic carbocycles. The van der Waals surface area contributed by atoms with Gasteiger partial charge in [-0.05, 0) is 57.9 Å². The molecule has 1 heterocycles. The molecule has 128 valence electrons. The number of aryl methyl sites for hydroxylation is 2. The quantitative estimate of drug-likeness (QED) is 0.834. The molecule has 1 aromatic heterocycles. The van der Waals surface area contributed by atoms with Crippen molar-refractivity contribution in [3.05, 3.63) is 52.1 Å². The largest absolute Gasteiger partial charge is 0.459 e. The molecule has 2 N–H and O–H groups in total. The van der Waals surface area contributed by atoms with Crippen molar-refractivity contribution in [2.75, 3.05) is 5.32 Å². The lowest BCUT2D eigenvalue weighted by Crippen LogP contribution is -2.16. The SMILES string of the molecule is Cc1ccc(NC(=O)c2[nH]c(C)c(C(=O)OC(C)C)c2C)c(F)c1. The number of ether oxygens (including phenoxy) is 1. The van der Waals surface area contributed by atoms with E-state index in [0.29, 0.717) is 16.8 Å². The topological polar surface area (TPSA) is 71.2 Å². The molecule has 0 aliphatic heterocycles. The molecule has 1 amide bonds. The van der Waals surface area contributed by atoms with Crippen LogP contribution in [0.5, 0.6) is 0 Å². The number of anilines is 1. The first-order valence-corrected chi connectivity index (χ1v) is 7.68. The van der Waals surface area contributed by atoms with Crippen molar-refractivity contribution in [1.29, 1.82) is 0 Å². The van der Waals surface area contributed by atoms with E-state index < -0.39 is 17.7 Å². The lowest BCUT2D eigenvalue weighted by Gasteiger charge is -2.09. The average molecular weight is 332 g/mol. The van der Waals surface area contributed by atoms with Crippen LogP contribution >= 0.6 is 0 Å². The third-order valence-electron chi connectivity index (χ3n) is 3.58. The third kappa shape index (κ3) is 3.64. The molecular formula is C18H21FN2O3. The standard InChI is InChI=1S/C18H21FN2O3/c1-9(2)24-18(23)15-11(4)16(20-12(15)5)17(22)21-14-7-6-10(3)8-13(14)19/h6-9,20H,1-5H3,(H,21,22). The zero-order valence-electron chi connectivity index (χ0n) is 14.4. The van der Waals surface area contributed by atoms with E-state index in [2.05, 4.69) is 10.3 Å². The Hall–Kier alpha value is -2.63. The number of carbonyl (C=O) groups excluding carboxylic acids is 2. The van der Waals surface area contributed by atoms with Crippen molar-refractivity contribution in [2.45, 2.75) is 40.7 Å². The Bertz CT molecular complexity index is 794. The Morgan fingerprint density at radius 1 is 1.21 bits per heavy atom. The van der Waals surface area contributed by atoms with E-state index >= 15 is 0 Å². The van der Waals surface area contributed by atoms with Gasteiger partial charge in [0, 0.05) is 5.69 Å². The van der Waals surface area contributed by atoms with E-state index in [1.807, 2.05) is 0 Å². The minimum atomic E-state index is -0.512. The number of nitrogens with one attached hydrogen (secondary N) is 2. The van der Waals surface area contributed by atoms with Gasteiger partial charge in [0.15, 0.2) is 0 Å². The van der Waals surface area contributed by atoms with Gasteiger partial charge in [-0.15, -0.1) is 0 Å². The summed E-state index contributed by atoms with van der Waals surface area (Å²) >= 11 is 0. The summed E-state index contributed by atoms with van der Waals surface area (Å²) in [5, 5.41) is 2.52. The van der Waals surface area contributed by atoms with Crippen molar-refractivity contribution in [2.24, 2.45) is 0 Å². The number of carbonyl (C=O) groups is 2. The Kier molecular flexibility index (Phi) is 5.07. The summed E-state index contributed by atoms with van der Waals surface area (Å²) in [7, 11) is 0. The number of hydrogen-bond donors (Lipinski definition) is 2. The summed E-state index contributed by atoms with van der Waals surface area (Å²) in [5.41, 5.74) is 2.40. The van der Waals surface area contributed by atoms with Crippen LogP contribution in [0.4, 0.5) is 10.1 Å². The van der Waals surface area contributed by atoms with Crippen LogP contribution in [0, 0.1) is 26.6 Å². The predicted octanol–water partition coefficient (Wildman–Crippen LogP) is 3.90. The highest BCUT2D eigenvalue weighted by Gasteiger charge is 2.24. The first kappa shape index (κ1) is 17.7. The predicted molar refractivity (Wildman–Crippen MR) is 89.9 cm³/mol. The summed E-state index contributed by atoms with van der Waals surface area (Å²) in [6.07, 6.45) is -0.259. The Morgan fingerprint density at radius 3 is 2.46 bits per heavy atom. The van der Waals surface area contributed by atoms with E-state index in [0.717, 1.165) is 5.56 Å². The molecule has 0 fully saturated rings. The highest BCUT2D eigenvalue weighted by Crippen LogP contribution is 2.22. The van der Waals surface area contributed by atoms with E-state index in [4.69, 9.17) is 4.74 Å². The van der Waals surface area contributed by atoms with Crippen LogP contribution < -0.4 is 5.32 Å². The van der Waals surface area contributed by atoms with Crippen LogP contribution in [0.2, 0.25) is 0 Å². The van der Waals surface area contributed by atoms with Crippen molar-refractivity contribution in [3.8, 4) is 0 Å². The number of H-pyrrole nitrogens is 1. The highest BCUT2D eigenvalue weighted by molar-refractivity contribution is 6.06. The van der Waals surface area contributed by atoms with Crippen molar-refractivity contribution in [3.63, 3.8) is 0 Å². The fraction of sp³-hybridized carbons (Fsp3) is 0.333. The molecule has 0 aliphatic rings. The number of esters is 1. The Labute approximate surface area is 140 Å². The molecule has 6 heteroatoms. The second-order valence-electron chi connectivity index (χ2n) is 6.02. The maximum Gasteiger partial charge on any atom is 0.340 e. The van der Waals surface area contributed by atoms with Gasteiger partial charge in [0.1, 0.15) is 11.5 Å². The molecule has 5 nitrogen and oxygen atoms in total. The van der Waals surface area contributed by atoms with Gasteiger partial charge in [0.05, 0.1) is 17.4 Å². The first-order valence-electron chi connectivity index (χ1n) is 7.68. The molecule has 0 spiro atoms. The number of benzene rings is 1. The second-order valence-corrected chi connectivity index (χ2v) is 6.02. The lowest BCUT2D eigenvalue weighted by molar-refractivity contribution is 0.0376. The number of aromatic amines is 1. The van der Waals surface area contributed by atoms with E-state index in [9.17, 15) is 14.0 Å². The van der Waals surface area contributed by atoms with Gasteiger partial charge < -0.3 is 15.0 Å². The van der Waals surface area contributed by atoms with Crippen molar-refractivity contribution < 1.29 is 18.7 Å². The normalized spacial score (nSPS) is 10.8. The number of aromatic nitrogens is 1. The summed E-state index contributed by atoms with van der Waals surface area (Å²) in [5.74, 6) is -1.51. The van der Waals surface area contributed by atoms with Crippen LogP contribution in [0.3, 0.4) is 0 Å². The Morgan fingerprint density at radius 2 is 1.88 bits per heavy atom. The molecule has 0 unspecified atom stereocenters. The van der Waals surface area contributed by atoms with Gasteiger partial charge in [-0.25, -0.2) is 9.18 Å². The van der Waals surface area contributed by atoms with E-state index in [1.54, 1.807) is 40.7 Å². The lowest BCUT2D eigenvalue weighted by atomic mass is 10.1. The molecule has 0 bridgehead atoms. The second kappa shape index (κ2) is 6.86. The zero-order chi connectivity index (χ0) is 18.0. The summed E-state index contributed by atoms with van der Waals surface area (Å²) in [6.45, 7) is 8.61. The van der Waals surface area contributed by atoms with Crippen LogP contribution in [0.1, 0.15) is 51.5 Å². The molecule has 24 heavy (non-hydrogen) atoms. The van der Waals surface area contributed by atoms with Gasteiger partial charge >= 0.3 is 5.97 Å². The van der Waals surface area contributed by atoms with Crippen LogP contribution in [0.15, 0.2) is 18.2 Å². The molecule has 1 aromatic carbocycles. The fourth-order valence-electron chi connectivity index (χ4n) is 2.46. The van der Waals surface area contributed by atoms with Crippen molar-refractivity contribution in [1.82, 2.24) is 4.98 Å². The zero-order valence-corrected chi connectivity index (χ0v) is 14.4. The molecular weight excluding hydrogens is 311 g/mol. The fourth-order valence-corrected chi connectivity index (χ4v) is 2.46. The van der Waals surface area contributed by atoms with Crippen LogP contribution in [-0.2, 0) is 4.74 Å². The first-order chi connectivity index (χ1) is 11.2. The monoisotopic (exact) mass is 332 g/mol. The molecule has 2 rings (SSSR count). The number of halogens is 1. The van der Waals surface area contributed by atoms with E-state index in [-0.39, 0.29) is 17.5 Å². The molecule has 0 radical (unpaired) electrons. The minimum Gasteiger partial charge on any atom is -0.459 e. The summed E-state index contributed by atoms with van der Waals surface area (Å²) in [6, 6.07) is 4.55. The highest BCUT2D eigenvalue weighted by atomic mass is 19.1. The maximum absolute atomic E-state index is 13.9. The van der Waals surface area contributed by atoms with Crippen LogP contribution in [0.25, 0.3) is 0 Å². The molecule has 0 saturated carbocycles. The smallest absolute Gasteiger partial charge is 0.340 e. The minimum absolute atomic E-state index is 0.0866. The van der Waals surface area contributed by atoms with Gasteiger partial charge in [0.25, 0.3) is 5.91 Å². The summed E-state index contributed by atoms with van der Waals surface area (Å²) < 4.78 is 19.1. The maximum atomic E-state index is 13.9. The van der Waals surface area contributed by atoms with E-state index in [1.165, 1.54) is 12.1 Å². The van der Waals surface area contributed by atoms with Gasteiger partial charge in [-0.1, -0.05) is 6.07 Å². The average Bonchev–Trinajstić information content (AvgIpc) is 2.76. The number of rotatable bonds is 4. The Balaban J connectivity index is 2.29. The van der Waals surface area contributed by atoms with Crippen molar-refractivity contribution >= 4 is 17.6 Å². The van der Waals surface area contributed by atoms with Gasteiger partial charge in [-0.2, -0.15) is 0 Å². The van der Waals surface area contributed by atoms with Gasteiger partial charge in [0.2, 0.25) is 0 Å².